The Labute approximate surface area is 428 Å². The van der Waals surface area contributed by atoms with Gasteiger partial charge >= 0.3 is 0 Å². The van der Waals surface area contributed by atoms with Crippen LogP contribution in [0.2, 0.25) is 0 Å². The van der Waals surface area contributed by atoms with E-state index in [2.05, 4.69) is 171 Å². The van der Waals surface area contributed by atoms with Crippen molar-refractivity contribution >= 4 is 118 Å². The van der Waals surface area contributed by atoms with Gasteiger partial charge in [0.25, 0.3) is 0 Å². The van der Waals surface area contributed by atoms with Gasteiger partial charge in [0.15, 0.2) is 0 Å². The average Bonchev–Trinajstić information content (AvgIpc) is 4.02. The Morgan fingerprint density at radius 1 is 0.508 bits per heavy atom. The number of thioether (sulfide) groups is 2. The van der Waals surface area contributed by atoms with E-state index in [1.54, 1.807) is 0 Å². The Balaban J connectivity index is 0.000000210. The number of aryl methyl sites for hydroxylation is 2. The molecule has 2 nitrogen and oxygen atoms in total. The molecule has 2 aromatic rings. The van der Waals surface area contributed by atoms with Gasteiger partial charge < -0.3 is 10.2 Å². The standard InChI is InChI=1S/C25H40OS7.C25H38OS4/c1-5-11-21-23-17-24(30-31-29-23)22(28-33-32-27-21)13-10-8-6-7-9-12-18-14-15-19(20(26)16-18)25(2,3)4;1-25(2,3)19-12-11-17(13-20(19)26)9-7-5-4-6-8-10-21-23(29-21)15-24-22-14-18(28-22)16-27-30-24/h14-16,21-24,26H,5-13,17H2,1-4H3;11-13,18,21-24,26H,4-10,14-16H2,1-3H3. The molecule has 0 aliphatic carbocycles. The molecule has 63 heavy (non-hydrogen) atoms. The Hall–Kier alpha value is 1.89. The average molecular weight is 1060 g/mol. The van der Waals surface area contributed by atoms with Crippen LogP contribution in [-0.4, -0.2) is 63.2 Å². The molecule has 4 bridgehead atoms. The topological polar surface area (TPSA) is 40.5 Å². The van der Waals surface area contributed by atoms with E-state index in [0.29, 0.717) is 11.5 Å². The third-order valence-corrected chi connectivity index (χ3v) is 32.3. The smallest absolute Gasteiger partial charge is 0.119 e. The molecule has 13 heteroatoms. The van der Waals surface area contributed by atoms with E-state index < -0.39 is 0 Å². The first kappa shape index (κ1) is 54.2. The summed E-state index contributed by atoms with van der Waals surface area (Å²) in [7, 11) is 19.1. The van der Waals surface area contributed by atoms with E-state index in [1.807, 2.05) is 31.8 Å². The Morgan fingerprint density at radius 2 is 1.02 bits per heavy atom. The lowest BCUT2D eigenvalue weighted by Gasteiger charge is -2.35. The molecule has 9 atom stereocenters. The van der Waals surface area contributed by atoms with E-state index in [9.17, 15) is 10.2 Å². The van der Waals surface area contributed by atoms with Gasteiger partial charge in [-0.25, -0.2) is 0 Å². The quantitative estimate of drug-likeness (QED) is 0.0752. The minimum atomic E-state index is -0.00167. The molecule has 9 unspecified atom stereocenters. The van der Waals surface area contributed by atoms with Gasteiger partial charge in [-0.05, 0) is 139 Å². The lowest BCUT2D eigenvalue weighted by Crippen LogP contribution is -2.34. The molecule has 6 saturated heterocycles. The van der Waals surface area contributed by atoms with Crippen molar-refractivity contribution in [3.05, 3.63) is 58.7 Å². The second-order valence-electron chi connectivity index (χ2n) is 20.5. The van der Waals surface area contributed by atoms with Crippen molar-refractivity contribution in [2.45, 2.75) is 229 Å². The molecule has 2 N–H and O–H groups in total. The number of phenols is 2. The molecular weight excluding hydrogens is 985 g/mol. The minimum Gasteiger partial charge on any atom is -0.508 e. The predicted octanol–water partition coefficient (Wildman–Crippen LogP) is 19.1. The van der Waals surface area contributed by atoms with Crippen LogP contribution in [0.4, 0.5) is 0 Å². The van der Waals surface area contributed by atoms with Gasteiger partial charge in [0.2, 0.25) is 0 Å². The van der Waals surface area contributed by atoms with Crippen LogP contribution in [0.5, 0.6) is 11.5 Å². The monoisotopic (exact) mass is 1060 g/mol. The number of unbranched alkanes of at least 4 members (excludes halogenated alkanes) is 8. The summed E-state index contributed by atoms with van der Waals surface area (Å²) in [5.41, 5.74) is 4.66. The fourth-order valence-electron chi connectivity index (χ4n) is 9.18. The van der Waals surface area contributed by atoms with Crippen LogP contribution in [0.3, 0.4) is 0 Å². The number of aromatic hydroxyl groups is 2. The highest BCUT2D eigenvalue weighted by molar-refractivity contribution is 9.26. The molecule has 0 radical (unpaired) electrons. The number of rotatable bonds is 20. The van der Waals surface area contributed by atoms with Gasteiger partial charge in [0.05, 0.1) is 0 Å². The van der Waals surface area contributed by atoms with Gasteiger partial charge in [-0.1, -0.05) is 195 Å². The van der Waals surface area contributed by atoms with Gasteiger partial charge in [-0.3, -0.25) is 0 Å². The van der Waals surface area contributed by atoms with Crippen molar-refractivity contribution in [1.82, 2.24) is 0 Å². The highest BCUT2D eigenvalue weighted by Crippen LogP contribution is 2.61. The van der Waals surface area contributed by atoms with E-state index in [-0.39, 0.29) is 10.8 Å². The molecular formula is C50H78O2S11. The first-order valence-corrected chi connectivity index (χ1v) is 37.0. The maximum Gasteiger partial charge on any atom is 0.119 e. The summed E-state index contributed by atoms with van der Waals surface area (Å²) >= 11 is 4.55. The molecule has 0 amide bonds. The summed E-state index contributed by atoms with van der Waals surface area (Å²) < 4.78 is 0. The summed E-state index contributed by atoms with van der Waals surface area (Å²) in [5, 5.41) is 28.8. The summed E-state index contributed by atoms with van der Waals surface area (Å²) in [6.45, 7) is 15.3. The lowest BCUT2D eigenvalue weighted by atomic mass is 9.85. The zero-order valence-electron chi connectivity index (χ0n) is 39.2. The van der Waals surface area contributed by atoms with Crippen LogP contribution in [0, 0.1) is 0 Å². The van der Waals surface area contributed by atoms with Crippen LogP contribution >= 0.6 is 118 Å². The zero-order chi connectivity index (χ0) is 44.8. The van der Waals surface area contributed by atoms with E-state index in [1.165, 1.54) is 126 Å². The third-order valence-electron chi connectivity index (χ3n) is 13.1. The molecule has 6 aliphatic heterocycles. The highest BCUT2D eigenvalue weighted by Gasteiger charge is 2.45. The third kappa shape index (κ3) is 18.2. The number of benzene rings is 2. The van der Waals surface area contributed by atoms with Crippen molar-refractivity contribution in [2.24, 2.45) is 0 Å². The maximum absolute atomic E-state index is 10.4. The molecule has 0 spiro atoms. The zero-order valence-corrected chi connectivity index (χ0v) is 48.2. The van der Waals surface area contributed by atoms with Crippen molar-refractivity contribution < 1.29 is 10.2 Å². The minimum absolute atomic E-state index is 0.00167. The summed E-state index contributed by atoms with van der Waals surface area (Å²) in [5.74, 6) is 2.31. The van der Waals surface area contributed by atoms with Crippen LogP contribution in [0.15, 0.2) is 36.4 Å². The van der Waals surface area contributed by atoms with E-state index in [0.717, 1.165) is 71.2 Å². The number of phenolic OH excluding ortho intramolecular Hbond substituents is 2. The normalized spacial score (nSPS) is 28.4. The molecule has 0 saturated carbocycles. The molecule has 356 valence electrons. The van der Waals surface area contributed by atoms with Crippen molar-refractivity contribution in [3.63, 3.8) is 0 Å². The predicted molar refractivity (Wildman–Crippen MR) is 308 cm³/mol. The Bertz CT molecular complexity index is 1640. The molecule has 0 aromatic heterocycles. The largest absolute Gasteiger partial charge is 0.508 e. The molecule has 6 fully saturated rings. The van der Waals surface area contributed by atoms with Gasteiger partial charge in [-0.2, -0.15) is 23.5 Å². The second kappa shape index (κ2) is 27.5. The summed E-state index contributed by atoms with van der Waals surface area (Å²) in [6.07, 6.45) is 25.4. The number of fused-ring (bicyclic) bond motifs is 5. The van der Waals surface area contributed by atoms with Crippen LogP contribution in [-0.2, 0) is 23.7 Å². The van der Waals surface area contributed by atoms with Crippen LogP contribution < -0.4 is 0 Å². The summed E-state index contributed by atoms with van der Waals surface area (Å²) in [6, 6.07) is 12.6. The van der Waals surface area contributed by atoms with Crippen LogP contribution in [0.1, 0.15) is 180 Å². The maximum atomic E-state index is 10.4. The Kier molecular flexibility index (Phi) is 23.7. The lowest BCUT2D eigenvalue weighted by molar-refractivity contribution is 0.445. The van der Waals surface area contributed by atoms with Crippen LogP contribution in [0.25, 0.3) is 0 Å². The first-order valence-electron chi connectivity index (χ1n) is 24.2. The van der Waals surface area contributed by atoms with Gasteiger partial charge in [-0.15, -0.1) is 0 Å². The Morgan fingerprint density at radius 3 is 1.54 bits per heavy atom. The molecule has 2 aromatic carbocycles. The van der Waals surface area contributed by atoms with Crippen molar-refractivity contribution in [1.29, 1.82) is 0 Å². The van der Waals surface area contributed by atoms with Gasteiger partial charge in [0, 0.05) is 53.0 Å². The molecule has 6 heterocycles. The molecule has 6 aliphatic rings. The summed E-state index contributed by atoms with van der Waals surface area (Å²) in [4.78, 5) is 0. The fourth-order valence-corrected chi connectivity index (χ4v) is 30.8. The first-order chi connectivity index (χ1) is 30.3. The number of hydrogen-bond donors (Lipinski definition) is 2. The highest BCUT2D eigenvalue weighted by atomic mass is 33.7. The number of hydrogen-bond acceptors (Lipinski definition) is 13. The van der Waals surface area contributed by atoms with E-state index >= 15 is 0 Å². The van der Waals surface area contributed by atoms with Crippen molar-refractivity contribution in [2.75, 3.05) is 5.75 Å². The fraction of sp³-hybridized carbons (Fsp3) is 0.760. The SMILES string of the molecule is CC(C)(C)c1ccc(CCCCCCCC2SC2CC2SSCC3CC2S3)cc1O.CCCC1SSSSC(CCCCCCCc2ccc(C(C)(C)C)c(O)c2)C2CC1SSS2. The molecule has 8 rings (SSSR count). The van der Waals surface area contributed by atoms with Crippen molar-refractivity contribution in [3.8, 4) is 11.5 Å². The van der Waals surface area contributed by atoms with Gasteiger partial charge in [0.1, 0.15) is 11.5 Å². The second-order valence-corrected chi connectivity index (χ2v) is 37.0. The van der Waals surface area contributed by atoms with E-state index in [4.69, 9.17) is 0 Å².